The zero-order valence-electron chi connectivity index (χ0n) is 10.9. The van der Waals surface area contributed by atoms with E-state index < -0.39 is 6.75 Å². The second kappa shape index (κ2) is 4.60. The van der Waals surface area contributed by atoms with E-state index in [0.29, 0.717) is 0 Å². The molecule has 0 aliphatic heterocycles. The zero-order valence-corrected chi connectivity index (χ0v) is 11.8. The molecule has 3 heteroatoms. The summed E-state index contributed by atoms with van der Waals surface area (Å²) in [5.74, 6) is 0. The molecule has 0 aliphatic rings. The van der Waals surface area contributed by atoms with Gasteiger partial charge < -0.3 is 0 Å². The van der Waals surface area contributed by atoms with Crippen LogP contribution in [-0.4, -0.2) is 29.0 Å². The molecule has 2 nitrogen and oxygen atoms in total. The van der Waals surface area contributed by atoms with Crippen LogP contribution >= 0.6 is 6.75 Å². The molecule has 1 aromatic heterocycles. The number of hydrogen-bond donors (Lipinski definition) is 0. The first-order valence-electron chi connectivity index (χ1n) is 6.20. The van der Waals surface area contributed by atoms with Crippen LogP contribution < -0.4 is 0 Å². The van der Waals surface area contributed by atoms with Crippen molar-refractivity contribution in [2.24, 2.45) is 0 Å². The third-order valence-electron chi connectivity index (χ3n) is 4.70. The molecule has 0 saturated heterocycles. The van der Waals surface area contributed by atoms with Gasteiger partial charge in [0, 0.05) is 0 Å². The Bertz CT molecular complexity index is 373. The van der Waals surface area contributed by atoms with Crippen molar-refractivity contribution in [2.75, 3.05) is 24.6 Å². The van der Waals surface area contributed by atoms with Crippen molar-refractivity contribution in [1.29, 1.82) is 5.26 Å². The van der Waals surface area contributed by atoms with Crippen LogP contribution in [0.15, 0.2) is 18.3 Å². The number of aromatic nitrogens is 1. The van der Waals surface area contributed by atoms with Gasteiger partial charge in [-0.1, -0.05) is 0 Å². The van der Waals surface area contributed by atoms with E-state index in [1.165, 1.54) is 24.6 Å². The molecule has 0 aliphatic carbocycles. The van der Waals surface area contributed by atoms with E-state index in [9.17, 15) is 5.26 Å². The van der Waals surface area contributed by atoms with Crippen molar-refractivity contribution in [2.45, 2.75) is 27.7 Å². The van der Waals surface area contributed by atoms with Crippen molar-refractivity contribution < 1.29 is 0 Å². The molecule has 0 unspecified atom stereocenters. The summed E-state index contributed by atoms with van der Waals surface area (Å²) in [6.45, 7) is 7.23. The summed E-state index contributed by atoms with van der Waals surface area (Å²) < 4.78 is 2.34. The molecule has 1 aromatic rings. The van der Waals surface area contributed by atoms with Crippen molar-refractivity contribution in [3.05, 3.63) is 24.0 Å². The fourth-order valence-electron chi connectivity index (χ4n) is 2.91. The van der Waals surface area contributed by atoms with Gasteiger partial charge in [-0.3, -0.25) is 0 Å². The van der Waals surface area contributed by atoms with Crippen LogP contribution in [0.25, 0.3) is 0 Å². The Hall–Kier alpha value is -0.800. The Morgan fingerprint density at radius 3 is 2.00 bits per heavy atom. The SMILES string of the molecule is CCP(CC)(CC)(CC)n1cccc1C#N. The van der Waals surface area contributed by atoms with Crippen molar-refractivity contribution >= 4 is 6.75 Å². The molecular weight excluding hydrogens is 215 g/mol. The van der Waals surface area contributed by atoms with Crippen LogP contribution in [0.3, 0.4) is 0 Å². The van der Waals surface area contributed by atoms with Crippen LogP contribution in [0.4, 0.5) is 0 Å². The zero-order chi connectivity index (χ0) is 12.3. The summed E-state index contributed by atoms with van der Waals surface area (Å²) in [5, 5.41) is 9.22. The molecule has 1 rings (SSSR count). The predicted molar refractivity (Wildman–Crippen MR) is 73.6 cm³/mol. The first-order chi connectivity index (χ1) is 7.62. The first kappa shape index (κ1) is 13.3. The average molecular weight is 238 g/mol. The minimum atomic E-state index is -1.92. The van der Waals surface area contributed by atoms with E-state index in [4.69, 9.17) is 0 Å². The van der Waals surface area contributed by atoms with Crippen LogP contribution in [0.1, 0.15) is 33.4 Å². The molecule has 90 valence electrons. The Morgan fingerprint density at radius 1 is 1.12 bits per heavy atom. The van der Waals surface area contributed by atoms with Gasteiger partial charge in [-0.15, -0.1) is 0 Å². The molecule has 0 aromatic carbocycles. The molecule has 0 N–H and O–H groups in total. The van der Waals surface area contributed by atoms with Gasteiger partial charge >= 0.3 is 98.8 Å². The fraction of sp³-hybridized carbons (Fsp3) is 0.615. The summed E-state index contributed by atoms with van der Waals surface area (Å²) in [6, 6.07) is 6.29. The Labute approximate surface area is 99.3 Å². The van der Waals surface area contributed by atoms with Crippen LogP contribution in [0, 0.1) is 11.3 Å². The topological polar surface area (TPSA) is 28.7 Å². The molecule has 0 saturated carbocycles. The molecule has 0 amide bonds. The van der Waals surface area contributed by atoms with E-state index in [-0.39, 0.29) is 0 Å². The van der Waals surface area contributed by atoms with Crippen molar-refractivity contribution in [3.8, 4) is 6.07 Å². The van der Waals surface area contributed by atoms with Gasteiger partial charge in [-0.05, 0) is 0 Å². The third kappa shape index (κ3) is 1.59. The molecule has 16 heavy (non-hydrogen) atoms. The van der Waals surface area contributed by atoms with Crippen LogP contribution in [0.5, 0.6) is 0 Å². The molecule has 0 radical (unpaired) electrons. The van der Waals surface area contributed by atoms with Gasteiger partial charge in [0.2, 0.25) is 0 Å². The molecule has 0 atom stereocenters. The van der Waals surface area contributed by atoms with Crippen molar-refractivity contribution in [1.82, 2.24) is 4.34 Å². The summed E-state index contributed by atoms with van der Waals surface area (Å²) in [5.41, 5.74) is 0.838. The number of hydrogen-bond acceptors (Lipinski definition) is 1. The van der Waals surface area contributed by atoms with Gasteiger partial charge in [0.25, 0.3) is 0 Å². The van der Waals surface area contributed by atoms with Gasteiger partial charge in [0.05, 0.1) is 0 Å². The number of nitriles is 1. The number of nitrogens with zero attached hydrogens (tertiary/aromatic N) is 2. The van der Waals surface area contributed by atoms with E-state index in [2.05, 4.69) is 44.3 Å². The average Bonchev–Trinajstić information content (AvgIpc) is 2.83. The van der Waals surface area contributed by atoms with Gasteiger partial charge in [-0.25, -0.2) is 0 Å². The Morgan fingerprint density at radius 2 is 1.62 bits per heavy atom. The van der Waals surface area contributed by atoms with Crippen LogP contribution in [-0.2, 0) is 0 Å². The van der Waals surface area contributed by atoms with Gasteiger partial charge in [-0.2, -0.15) is 0 Å². The Balaban J connectivity index is 3.49. The standard InChI is InChI=1S/C13H23N2P/c1-5-16(6-2,7-3,8-4)15-11-9-10-13(15)12-14/h9-11H,5-8H2,1-4H3. The molecule has 0 bridgehead atoms. The van der Waals surface area contributed by atoms with E-state index in [0.717, 1.165) is 5.69 Å². The Kier molecular flexibility index (Phi) is 3.81. The van der Waals surface area contributed by atoms with Gasteiger partial charge in [0.1, 0.15) is 0 Å². The maximum atomic E-state index is 9.22. The molecular formula is C13H23N2P. The summed E-state index contributed by atoms with van der Waals surface area (Å²) in [6.07, 6.45) is 6.89. The van der Waals surface area contributed by atoms with Crippen LogP contribution in [0.2, 0.25) is 0 Å². The summed E-state index contributed by atoms with van der Waals surface area (Å²) >= 11 is 0. The normalized spacial score (nSPS) is 14.1. The van der Waals surface area contributed by atoms with Gasteiger partial charge in [0.15, 0.2) is 0 Å². The quantitative estimate of drug-likeness (QED) is 0.718. The van der Waals surface area contributed by atoms with E-state index in [1.807, 2.05) is 12.1 Å². The predicted octanol–water partition coefficient (Wildman–Crippen LogP) is 3.76. The maximum absolute atomic E-state index is 9.22. The first-order valence-corrected chi connectivity index (χ1v) is 9.13. The van der Waals surface area contributed by atoms with E-state index >= 15 is 0 Å². The summed E-state index contributed by atoms with van der Waals surface area (Å²) in [4.78, 5) is 0. The molecule has 1 heterocycles. The molecule has 0 fully saturated rings. The third-order valence-corrected chi connectivity index (χ3v) is 12.8. The number of rotatable bonds is 5. The molecule has 0 spiro atoms. The fourth-order valence-corrected chi connectivity index (χ4v) is 7.98. The second-order valence-electron chi connectivity index (χ2n) is 4.52. The van der Waals surface area contributed by atoms with Crippen molar-refractivity contribution in [3.63, 3.8) is 0 Å². The van der Waals surface area contributed by atoms with E-state index in [1.54, 1.807) is 0 Å². The summed E-state index contributed by atoms with van der Waals surface area (Å²) in [7, 11) is 0. The minimum absolute atomic E-state index is 0.838. The second-order valence-corrected chi connectivity index (χ2v) is 11.3. The monoisotopic (exact) mass is 238 g/mol.